The summed E-state index contributed by atoms with van der Waals surface area (Å²) in [5.41, 5.74) is 0. The van der Waals surface area contributed by atoms with Crippen molar-refractivity contribution in [3.8, 4) is 0 Å². The zero-order valence-electron chi connectivity index (χ0n) is 7.37. The molecule has 0 aromatic carbocycles. The fourth-order valence-electron chi connectivity index (χ4n) is 1.28. The van der Waals surface area contributed by atoms with Gasteiger partial charge in [-0.1, -0.05) is 0 Å². The zero-order valence-corrected chi connectivity index (χ0v) is 8.94. The highest BCUT2D eigenvalue weighted by Gasteiger charge is 2.29. The third-order valence-corrected chi connectivity index (χ3v) is 3.52. The van der Waals surface area contributed by atoms with Crippen molar-refractivity contribution in [2.24, 2.45) is 5.92 Å². The van der Waals surface area contributed by atoms with Gasteiger partial charge in [0, 0.05) is 30.0 Å². The SMILES string of the molecule is ClC(CNCc1nccs1)C1CC1. The molecule has 1 unspecified atom stereocenters. The van der Waals surface area contributed by atoms with Gasteiger partial charge in [-0.3, -0.25) is 0 Å². The normalized spacial score (nSPS) is 18.8. The Bertz CT molecular complexity index is 246. The Labute approximate surface area is 87.3 Å². The topological polar surface area (TPSA) is 24.9 Å². The maximum absolute atomic E-state index is 6.14. The van der Waals surface area contributed by atoms with Gasteiger partial charge in [0.1, 0.15) is 5.01 Å². The van der Waals surface area contributed by atoms with Gasteiger partial charge in [0.15, 0.2) is 0 Å². The van der Waals surface area contributed by atoms with E-state index in [1.807, 2.05) is 11.6 Å². The monoisotopic (exact) mass is 216 g/mol. The first-order valence-electron chi connectivity index (χ1n) is 4.59. The lowest BCUT2D eigenvalue weighted by molar-refractivity contribution is 0.618. The minimum Gasteiger partial charge on any atom is -0.309 e. The predicted molar refractivity (Wildman–Crippen MR) is 56.2 cm³/mol. The molecule has 2 nitrogen and oxygen atoms in total. The number of nitrogens with zero attached hydrogens (tertiary/aromatic N) is 1. The van der Waals surface area contributed by atoms with Gasteiger partial charge in [0.05, 0.1) is 0 Å². The second kappa shape index (κ2) is 4.40. The van der Waals surface area contributed by atoms with Crippen LogP contribution in [0.4, 0.5) is 0 Å². The Hall–Kier alpha value is -0.120. The molecule has 1 atom stereocenters. The van der Waals surface area contributed by atoms with Gasteiger partial charge < -0.3 is 5.32 Å². The van der Waals surface area contributed by atoms with E-state index in [-0.39, 0.29) is 0 Å². The quantitative estimate of drug-likeness (QED) is 0.764. The molecule has 0 radical (unpaired) electrons. The molecule has 1 aliphatic carbocycles. The Morgan fingerprint density at radius 2 is 2.54 bits per heavy atom. The second-order valence-electron chi connectivity index (χ2n) is 3.41. The summed E-state index contributed by atoms with van der Waals surface area (Å²) in [6.07, 6.45) is 4.46. The van der Waals surface area contributed by atoms with Crippen LogP contribution in [0.3, 0.4) is 0 Å². The van der Waals surface area contributed by atoms with E-state index in [0.717, 1.165) is 24.0 Å². The van der Waals surface area contributed by atoms with Crippen molar-refractivity contribution in [2.75, 3.05) is 6.54 Å². The summed E-state index contributed by atoms with van der Waals surface area (Å²) < 4.78 is 0. The van der Waals surface area contributed by atoms with Crippen molar-refractivity contribution in [1.82, 2.24) is 10.3 Å². The lowest BCUT2D eigenvalue weighted by Crippen LogP contribution is -2.23. The highest BCUT2D eigenvalue weighted by Crippen LogP contribution is 2.35. The van der Waals surface area contributed by atoms with Crippen LogP contribution >= 0.6 is 22.9 Å². The van der Waals surface area contributed by atoms with Crippen LogP contribution in [0.25, 0.3) is 0 Å². The molecule has 1 aliphatic rings. The number of aromatic nitrogens is 1. The summed E-state index contributed by atoms with van der Waals surface area (Å²) in [4.78, 5) is 4.19. The molecular formula is C9H13ClN2S. The first-order chi connectivity index (χ1) is 6.36. The molecule has 1 aromatic rings. The van der Waals surface area contributed by atoms with E-state index in [1.54, 1.807) is 11.3 Å². The molecule has 1 fully saturated rings. The summed E-state index contributed by atoms with van der Waals surface area (Å²) >= 11 is 7.82. The van der Waals surface area contributed by atoms with Crippen LogP contribution in [0.1, 0.15) is 17.8 Å². The standard InChI is InChI=1S/C9H13ClN2S/c10-8(7-1-2-7)5-11-6-9-12-3-4-13-9/h3-4,7-8,11H,1-2,5-6H2. The van der Waals surface area contributed by atoms with Crippen LogP contribution in [0.2, 0.25) is 0 Å². The fourth-order valence-corrected chi connectivity index (χ4v) is 2.23. The van der Waals surface area contributed by atoms with E-state index < -0.39 is 0 Å². The number of rotatable bonds is 5. The Balaban J connectivity index is 1.63. The number of hydrogen-bond donors (Lipinski definition) is 1. The summed E-state index contributed by atoms with van der Waals surface area (Å²) in [5, 5.41) is 6.78. The highest BCUT2D eigenvalue weighted by atomic mass is 35.5. The van der Waals surface area contributed by atoms with E-state index in [9.17, 15) is 0 Å². The summed E-state index contributed by atoms with van der Waals surface area (Å²) in [7, 11) is 0. The van der Waals surface area contributed by atoms with Crippen molar-refractivity contribution >= 4 is 22.9 Å². The first kappa shape index (κ1) is 9.44. The largest absolute Gasteiger partial charge is 0.309 e. The molecule has 0 spiro atoms. The van der Waals surface area contributed by atoms with Crippen LogP contribution < -0.4 is 5.32 Å². The number of hydrogen-bond acceptors (Lipinski definition) is 3. The van der Waals surface area contributed by atoms with Gasteiger partial charge in [0.25, 0.3) is 0 Å². The first-order valence-corrected chi connectivity index (χ1v) is 5.91. The van der Waals surface area contributed by atoms with E-state index in [1.165, 1.54) is 12.8 Å². The Morgan fingerprint density at radius 3 is 3.15 bits per heavy atom. The smallest absolute Gasteiger partial charge is 0.106 e. The Kier molecular flexibility index (Phi) is 3.19. The van der Waals surface area contributed by atoms with E-state index in [2.05, 4.69) is 10.3 Å². The van der Waals surface area contributed by atoms with Crippen LogP contribution in [-0.2, 0) is 6.54 Å². The molecule has 1 saturated carbocycles. The average molecular weight is 217 g/mol. The van der Waals surface area contributed by atoms with E-state index in [0.29, 0.717) is 5.38 Å². The number of alkyl halides is 1. The summed E-state index contributed by atoms with van der Waals surface area (Å²) in [6.45, 7) is 1.76. The van der Waals surface area contributed by atoms with Crippen LogP contribution in [0.15, 0.2) is 11.6 Å². The average Bonchev–Trinajstić information content (AvgIpc) is 2.86. The van der Waals surface area contributed by atoms with Gasteiger partial charge in [-0.05, 0) is 18.8 Å². The zero-order chi connectivity index (χ0) is 9.10. The molecule has 4 heteroatoms. The lowest BCUT2D eigenvalue weighted by Gasteiger charge is -2.07. The molecule has 2 rings (SSSR count). The van der Waals surface area contributed by atoms with E-state index in [4.69, 9.17) is 11.6 Å². The molecule has 1 N–H and O–H groups in total. The van der Waals surface area contributed by atoms with Crippen molar-refractivity contribution in [3.05, 3.63) is 16.6 Å². The van der Waals surface area contributed by atoms with Crippen molar-refractivity contribution in [2.45, 2.75) is 24.8 Å². The Morgan fingerprint density at radius 1 is 1.69 bits per heavy atom. The lowest BCUT2D eigenvalue weighted by atomic mass is 10.3. The molecule has 0 bridgehead atoms. The van der Waals surface area contributed by atoms with Gasteiger partial charge in [0.2, 0.25) is 0 Å². The molecule has 13 heavy (non-hydrogen) atoms. The molecular weight excluding hydrogens is 204 g/mol. The maximum Gasteiger partial charge on any atom is 0.106 e. The van der Waals surface area contributed by atoms with Gasteiger partial charge in [-0.15, -0.1) is 22.9 Å². The van der Waals surface area contributed by atoms with Crippen molar-refractivity contribution < 1.29 is 0 Å². The summed E-state index contributed by atoms with van der Waals surface area (Å²) in [6, 6.07) is 0. The molecule has 72 valence electrons. The van der Waals surface area contributed by atoms with Crippen molar-refractivity contribution in [1.29, 1.82) is 0 Å². The summed E-state index contributed by atoms with van der Waals surface area (Å²) in [5.74, 6) is 0.769. The third kappa shape index (κ3) is 2.93. The van der Waals surface area contributed by atoms with Gasteiger partial charge in [-0.2, -0.15) is 0 Å². The minimum absolute atomic E-state index is 0.319. The number of halogens is 1. The molecule has 0 amide bonds. The van der Waals surface area contributed by atoms with Crippen LogP contribution in [0.5, 0.6) is 0 Å². The van der Waals surface area contributed by atoms with Crippen LogP contribution in [-0.4, -0.2) is 16.9 Å². The maximum atomic E-state index is 6.14. The molecule has 0 aliphatic heterocycles. The third-order valence-electron chi connectivity index (χ3n) is 2.23. The van der Waals surface area contributed by atoms with Gasteiger partial charge >= 0.3 is 0 Å². The van der Waals surface area contributed by atoms with Gasteiger partial charge in [-0.25, -0.2) is 4.98 Å². The number of nitrogens with one attached hydrogen (secondary N) is 1. The predicted octanol–water partition coefficient (Wildman–Crippen LogP) is 2.25. The van der Waals surface area contributed by atoms with E-state index >= 15 is 0 Å². The molecule has 0 saturated heterocycles. The minimum atomic E-state index is 0.319. The molecule has 1 aromatic heterocycles. The second-order valence-corrected chi connectivity index (χ2v) is 4.95. The molecule has 1 heterocycles. The fraction of sp³-hybridized carbons (Fsp3) is 0.667. The number of thiazole rings is 1. The van der Waals surface area contributed by atoms with Crippen molar-refractivity contribution in [3.63, 3.8) is 0 Å². The van der Waals surface area contributed by atoms with Crippen LogP contribution in [0, 0.1) is 5.92 Å². The highest BCUT2D eigenvalue weighted by molar-refractivity contribution is 7.09.